The molecule has 128 valence electrons. The number of hydrogen-bond acceptors (Lipinski definition) is 3. The first-order valence-electron chi connectivity index (χ1n) is 7.99. The summed E-state index contributed by atoms with van der Waals surface area (Å²) < 4.78 is 0. The number of hydrogen-bond donors (Lipinski definition) is 1. The van der Waals surface area contributed by atoms with Crippen LogP contribution in [0.2, 0.25) is 5.02 Å². The minimum absolute atomic E-state index is 0.0286. The van der Waals surface area contributed by atoms with Crippen molar-refractivity contribution < 1.29 is 14.4 Å². The van der Waals surface area contributed by atoms with E-state index < -0.39 is 6.03 Å². The minimum Gasteiger partial charge on any atom is -0.354 e. The van der Waals surface area contributed by atoms with Gasteiger partial charge >= 0.3 is 6.03 Å². The van der Waals surface area contributed by atoms with Gasteiger partial charge in [-0.15, -0.1) is 0 Å². The van der Waals surface area contributed by atoms with Crippen molar-refractivity contribution in [2.24, 2.45) is 0 Å². The Morgan fingerprint density at radius 1 is 1.25 bits per heavy atom. The number of likely N-dealkylation sites (N-methyl/N-ethyl adjacent to an activating group) is 1. The molecule has 1 aromatic rings. The number of amides is 4. The van der Waals surface area contributed by atoms with Crippen LogP contribution < -0.4 is 5.32 Å². The van der Waals surface area contributed by atoms with Crippen molar-refractivity contribution in [3.05, 3.63) is 34.9 Å². The maximum Gasteiger partial charge on any atom is 0.327 e. The highest BCUT2D eigenvalue weighted by Crippen LogP contribution is 2.43. The predicted molar refractivity (Wildman–Crippen MR) is 89.7 cm³/mol. The lowest BCUT2D eigenvalue weighted by atomic mass is 9.64. The molecule has 1 aliphatic heterocycles. The van der Waals surface area contributed by atoms with Crippen molar-refractivity contribution >= 4 is 29.4 Å². The molecule has 0 unspecified atom stereocenters. The molecule has 1 saturated carbocycles. The van der Waals surface area contributed by atoms with Crippen LogP contribution in [0.3, 0.4) is 0 Å². The van der Waals surface area contributed by atoms with E-state index in [0.717, 1.165) is 29.7 Å². The normalized spacial score (nSPS) is 19.4. The van der Waals surface area contributed by atoms with Crippen LogP contribution in [0, 0.1) is 0 Å². The molecule has 2 aliphatic rings. The van der Waals surface area contributed by atoms with Crippen molar-refractivity contribution in [3.63, 3.8) is 0 Å². The summed E-state index contributed by atoms with van der Waals surface area (Å²) in [7, 11) is 1.54. The number of carbonyl (C=O) groups is 3. The molecule has 7 heteroatoms. The Kier molecular flexibility index (Phi) is 4.49. The van der Waals surface area contributed by atoms with Gasteiger partial charge in [0.1, 0.15) is 13.1 Å². The third-order valence-corrected chi connectivity index (χ3v) is 5.18. The SMILES string of the molecule is CN1CC(=O)N(CC(=O)NCC2(c3ccc(Cl)cc3)CCC2)C1=O. The summed E-state index contributed by atoms with van der Waals surface area (Å²) in [5.74, 6) is -0.652. The number of halogens is 1. The van der Waals surface area contributed by atoms with Crippen molar-refractivity contribution in [2.75, 3.05) is 26.7 Å². The Labute approximate surface area is 145 Å². The van der Waals surface area contributed by atoms with Gasteiger partial charge in [-0.1, -0.05) is 30.2 Å². The summed E-state index contributed by atoms with van der Waals surface area (Å²) in [6.07, 6.45) is 3.12. The van der Waals surface area contributed by atoms with E-state index >= 15 is 0 Å². The maximum absolute atomic E-state index is 12.2. The Balaban J connectivity index is 1.60. The molecular weight excluding hydrogens is 330 g/mol. The maximum atomic E-state index is 12.2. The molecule has 1 aromatic carbocycles. The van der Waals surface area contributed by atoms with Crippen LogP contribution in [0.4, 0.5) is 4.79 Å². The van der Waals surface area contributed by atoms with E-state index in [0.29, 0.717) is 11.6 Å². The van der Waals surface area contributed by atoms with E-state index in [1.807, 2.05) is 24.3 Å². The van der Waals surface area contributed by atoms with Gasteiger partial charge in [0.25, 0.3) is 5.91 Å². The van der Waals surface area contributed by atoms with Crippen molar-refractivity contribution in [1.82, 2.24) is 15.1 Å². The molecule has 0 bridgehead atoms. The van der Waals surface area contributed by atoms with Crippen molar-refractivity contribution in [2.45, 2.75) is 24.7 Å². The molecule has 0 spiro atoms. The van der Waals surface area contributed by atoms with Gasteiger partial charge in [-0.05, 0) is 30.5 Å². The van der Waals surface area contributed by atoms with Crippen LogP contribution in [-0.4, -0.2) is 54.3 Å². The molecule has 1 saturated heterocycles. The van der Waals surface area contributed by atoms with Crippen LogP contribution in [0.1, 0.15) is 24.8 Å². The highest BCUT2D eigenvalue weighted by atomic mass is 35.5. The topological polar surface area (TPSA) is 69.7 Å². The second-order valence-corrected chi connectivity index (χ2v) is 6.97. The van der Waals surface area contributed by atoms with Gasteiger partial charge in [0.05, 0.1) is 0 Å². The monoisotopic (exact) mass is 349 g/mol. The first-order chi connectivity index (χ1) is 11.4. The molecule has 0 atom stereocenters. The van der Waals surface area contributed by atoms with Crippen LogP contribution in [-0.2, 0) is 15.0 Å². The molecule has 6 nitrogen and oxygen atoms in total. The van der Waals surface area contributed by atoms with Gasteiger partial charge in [0, 0.05) is 24.0 Å². The van der Waals surface area contributed by atoms with Gasteiger partial charge in [-0.2, -0.15) is 0 Å². The van der Waals surface area contributed by atoms with Crippen molar-refractivity contribution in [1.29, 1.82) is 0 Å². The summed E-state index contributed by atoms with van der Waals surface area (Å²) in [5, 5.41) is 3.57. The van der Waals surface area contributed by atoms with Crippen LogP contribution in [0.25, 0.3) is 0 Å². The second-order valence-electron chi connectivity index (χ2n) is 6.54. The zero-order valence-corrected chi connectivity index (χ0v) is 14.3. The van der Waals surface area contributed by atoms with Crippen LogP contribution >= 0.6 is 11.6 Å². The lowest BCUT2D eigenvalue weighted by Gasteiger charge is -2.42. The quantitative estimate of drug-likeness (QED) is 0.824. The van der Waals surface area contributed by atoms with E-state index in [4.69, 9.17) is 11.6 Å². The standard InChI is InChI=1S/C17H20ClN3O3/c1-20-10-15(23)21(16(20)24)9-14(22)19-11-17(7-2-8-17)12-3-5-13(18)6-4-12/h3-6H,2,7-11H2,1H3,(H,19,22). The lowest BCUT2D eigenvalue weighted by Crippen LogP contribution is -2.48. The fourth-order valence-corrected chi connectivity index (χ4v) is 3.39. The van der Waals surface area contributed by atoms with Gasteiger partial charge in [0.15, 0.2) is 0 Å². The zero-order valence-electron chi connectivity index (χ0n) is 13.5. The summed E-state index contributed by atoms with van der Waals surface area (Å²) in [5.41, 5.74) is 1.09. The molecule has 1 N–H and O–H groups in total. The molecule has 4 amide bonds. The summed E-state index contributed by atoms with van der Waals surface area (Å²) in [6.45, 7) is 0.305. The molecule has 0 aromatic heterocycles. The minimum atomic E-state index is -0.425. The van der Waals surface area contributed by atoms with Gasteiger partial charge in [0.2, 0.25) is 5.91 Å². The van der Waals surface area contributed by atoms with E-state index in [9.17, 15) is 14.4 Å². The number of benzene rings is 1. The fraction of sp³-hybridized carbons (Fsp3) is 0.471. The molecular formula is C17H20ClN3O3. The first-order valence-corrected chi connectivity index (χ1v) is 8.37. The molecule has 1 heterocycles. The molecule has 2 fully saturated rings. The van der Waals surface area contributed by atoms with E-state index in [1.54, 1.807) is 7.05 Å². The Morgan fingerprint density at radius 3 is 2.42 bits per heavy atom. The zero-order chi connectivity index (χ0) is 17.3. The largest absolute Gasteiger partial charge is 0.354 e. The third-order valence-electron chi connectivity index (χ3n) is 4.92. The number of carbonyl (C=O) groups excluding carboxylic acids is 3. The average Bonchev–Trinajstić information content (AvgIpc) is 2.74. The highest BCUT2D eigenvalue weighted by Gasteiger charge is 2.39. The van der Waals surface area contributed by atoms with Crippen LogP contribution in [0.5, 0.6) is 0 Å². The average molecular weight is 350 g/mol. The van der Waals surface area contributed by atoms with Crippen LogP contribution in [0.15, 0.2) is 24.3 Å². The van der Waals surface area contributed by atoms with E-state index in [1.165, 1.54) is 4.90 Å². The second kappa shape index (κ2) is 6.43. The van der Waals surface area contributed by atoms with Gasteiger partial charge in [-0.3, -0.25) is 14.5 Å². The summed E-state index contributed by atoms with van der Waals surface area (Å²) in [4.78, 5) is 38.0. The number of nitrogens with zero attached hydrogens (tertiary/aromatic N) is 2. The van der Waals surface area contributed by atoms with E-state index in [-0.39, 0.29) is 30.3 Å². The fourth-order valence-electron chi connectivity index (χ4n) is 3.27. The predicted octanol–water partition coefficient (Wildman–Crippen LogP) is 1.77. The smallest absolute Gasteiger partial charge is 0.327 e. The Hall–Kier alpha value is -2.08. The van der Waals surface area contributed by atoms with Gasteiger partial charge < -0.3 is 10.2 Å². The highest BCUT2D eigenvalue weighted by molar-refractivity contribution is 6.30. The molecule has 3 rings (SSSR count). The van der Waals surface area contributed by atoms with Gasteiger partial charge in [-0.25, -0.2) is 4.79 Å². The summed E-state index contributed by atoms with van der Waals surface area (Å²) in [6, 6.07) is 7.28. The summed E-state index contributed by atoms with van der Waals surface area (Å²) >= 11 is 5.94. The number of imide groups is 1. The third kappa shape index (κ3) is 3.11. The Morgan fingerprint density at radius 2 is 1.92 bits per heavy atom. The van der Waals surface area contributed by atoms with Crippen molar-refractivity contribution in [3.8, 4) is 0 Å². The molecule has 0 radical (unpaired) electrons. The lowest BCUT2D eigenvalue weighted by molar-refractivity contribution is -0.130. The van der Waals surface area contributed by atoms with E-state index in [2.05, 4.69) is 5.32 Å². The molecule has 1 aliphatic carbocycles. The number of rotatable bonds is 5. The first kappa shape index (κ1) is 16.8. The Bertz CT molecular complexity index is 670. The number of nitrogens with one attached hydrogen (secondary N) is 1. The number of urea groups is 1. The molecule has 24 heavy (non-hydrogen) atoms.